The third-order valence-electron chi connectivity index (χ3n) is 4.83. The van der Waals surface area contributed by atoms with Crippen molar-refractivity contribution in [2.75, 3.05) is 0 Å². The predicted octanol–water partition coefficient (Wildman–Crippen LogP) is 4.03. The molecule has 0 aliphatic heterocycles. The molecule has 0 amide bonds. The number of carboxylic acid groups (broad SMARTS) is 1. The van der Waals surface area contributed by atoms with E-state index in [1.807, 2.05) is 25.1 Å². The number of aliphatic carboxylic acids is 1. The number of carboxylic acids is 1. The van der Waals surface area contributed by atoms with Gasteiger partial charge in [-0.05, 0) is 57.1 Å². The second-order valence-electron chi connectivity index (χ2n) is 7.16. The van der Waals surface area contributed by atoms with Gasteiger partial charge in [0, 0.05) is 12.5 Å². The Morgan fingerprint density at radius 1 is 1.23 bits per heavy atom. The number of hydrogen-bond donors (Lipinski definition) is 2. The normalized spacial score (nSPS) is 21.1. The Kier molecular flexibility index (Phi) is 7.85. The van der Waals surface area contributed by atoms with Gasteiger partial charge in [0.15, 0.2) is 0 Å². The van der Waals surface area contributed by atoms with E-state index in [-0.39, 0.29) is 12.5 Å². The number of aryl methyl sites for hydroxylation is 1. The maximum absolute atomic E-state index is 12.5. The van der Waals surface area contributed by atoms with Crippen LogP contribution in [0.15, 0.2) is 41.3 Å². The molecule has 5 nitrogen and oxygen atoms in total. The molecule has 1 aliphatic rings. The summed E-state index contributed by atoms with van der Waals surface area (Å²) in [6.07, 6.45) is 10.6. The number of nitrogens with one attached hydrogen (secondary N) is 1. The molecule has 26 heavy (non-hydrogen) atoms. The monoisotopic (exact) mass is 379 g/mol. The summed E-state index contributed by atoms with van der Waals surface area (Å²) >= 11 is 0. The molecular formula is C20H29NO4S. The Balaban J connectivity index is 1.81. The molecule has 0 spiro atoms. The summed E-state index contributed by atoms with van der Waals surface area (Å²) in [5, 5.41) is 8.61. The highest BCUT2D eigenvalue weighted by Crippen LogP contribution is 2.28. The van der Waals surface area contributed by atoms with Crippen LogP contribution in [0, 0.1) is 12.8 Å². The maximum Gasteiger partial charge on any atom is 0.303 e. The Morgan fingerprint density at radius 2 is 1.96 bits per heavy atom. The lowest BCUT2D eigenvalue weighted by atomic mass is 9.84. The van der Waals surface area contributed by atoms with Crippen molar-refractivity contribution in [2.24, 2.45) is 5.92 Å². The lowest BCUT2D eigenvalue weighted by Gasteiger charge is -2.29. The van der Waals surface area contributed by atoms with Crippen molar-refractivity contribution in [1.82, 2.24) is 4.72 Å². The topological polar surface area (TPSA) is 83.5 Å². The van der Waals surface area contributed by atoms with Crippen LogP contribution >= 0.6 is 0 Å². The molecule has 1 aromatic carbocycles. The Bertz CT molecular complexity index is 710. The van der Waals surface area contributed by atoms with Crippen LogP contribution in [0.4, 0.5) is 0 Å². The number of carbonyl (C=O) groups is 1. The van der Waals surface area contributed by atoms with Crippen molar-refractivity contribution < 1.29 is 18.3 Å². The van der Waals surface area contributed by atoms with Crippen molar-refractivity contribution in [3.8, 4) is 0 Å². The first-order chi connectivity index (χ1) is 12.4. The molecule has 0 bridgehead atoms. The van der Waals surface area contributed by atoms with Crippen LogP contribution in [0.5, 0.6) is 0 Å². The fourth-order valence-corrected chi connectivity index (χ4v) is 4.68. The quantitative estimate of drug-likeness (QED) is 0.501. The summed E-state index contributed by atoms with van der Waals surface area (Å²) in [5.41, 5.74) is 1.04. The molecule has 0 heterocycles. The van der Waals surface area contributed by atoms with Gasteiger partial charge in [-0.25, -0.2) is 13.1 Å². The molecule has 2 unspecified atom stereocenters. The van der Waals surface area contributed by atoms with E-state index in [1.54, 1.807) is 12.1 Å². The van der Waals surface area contributed by atoms with E-state index in [9.17, 15) is 13.2 Å². The Hall–Kier alpha value is -1.66. The van der Waals surface area contributed by atoms with Crippen molar-refractivity contribution in [1.29, 1.82) is 0 Å². The van der Waals surface area contributed by atoms with E-state index in [1.165, 1.54) is 0 Å². The molecule has 144 valence electrons. The van der Waals surface area contributed by atoms with Crippen LogP contribution in [-0.4, -0.2) is 25.5 Å². The largest absolute Gasteiger partial charge is 0.481 e. The van der Waals surface area contributed by atoms with Gasteiger partial charge < -0.3 is 5.11 Å². The van der Waals surface area contributed by atoms with Crippen molar-refractivity contribution in [3.63, 3.8) is 0 Å². The third-order valence-corrected chi connectivity index (χ3v) is 6.37. The minimum absolute atomic E-state index is 0.0135. The summed E-state index contributed by atoms with van der Waals surface area (Å²) in [6, 6.07) is 6.91. The lowest BCUT2D eigenvalue weighted by molar-refractivity contribution is -0.137. The standard InChI is InChI=1S/C20H29NO4S/c1-16-11-13-19(14-12-16)26(24,25)21-18-9-6-8-17(15-18)7-4-2-3-5-10-20(22)23/h2,4,11-14,17-18,21H,3,5-10,15H2,1H3,(H,22,23)/b4-2+. The minimum Gasteiger partial charge on any atom is -0.481 e. The van der Waals surface area contributed by atoms with E-state index >= 15 is 0 Å². The van der Waals surface area contributed by atoms with Gasteiger partial charge in [0.25, 0.3) is 0 Å². The number of hydrogen-bond acceptors (Lipinski definition) is 3. The molecule has 1 aliphatic carbocycles. The van der Waals surface area contributed by atoms with E-state index in [0.717, 1.165) is 44.1 Å². The Labute approximate surface area is 156 Å². The zero-order valence-corrected chi connectivity index (χ0v) is 16.2. The summed E-state index contributed by atoms with van der Waals surface area (Å²) in [6.45, 7) is 1.94. The van der Waals surface area contributed by atoms with Crippen LogP contribution in [-0.2, 0) is 14.8 Å². The van der Waals surface area contributed by atoms with E-state index in [2.05, 4.69) is 10.8 Å². The zero-order chi connectivity index (χ0) is 19.0. The van der Waals surface area contributed by atoms with E-state index < -0.39 is 16.0 Å². The van der Waals surface area contributed by atoms with Gasteiger partial charge >= 0.3 is 5.97 Å². The van der Waals surface area contributed by atoms with Crippen LogP contribution in [0.3, 0.4) is 0 Å². The van der Waals surface area contributed by atoms with Gasteiger partial charge in [0.05, 0.1) is 4.90 Å². The molecule has 6 heteroatoms. The predicted molar refractivity (Wildman–Crippen MR) is 102 cm³/mol. The first-order valence-corrected chi connectivity index (χ1v) is 10.8. The average Bonchev–Trinajstić information content (AvgIpc) is 2.58. The average molecular weight is 380 g/mol. The van der Waals surface area contributed by atoms with Gasteiger partial charge in [0.1, 0.15) is 0 Å². The van der Waals surface area contributed by atoms with Crippen LogP contribution in [0.2, 0.25) is 0 Å². The smallest absolute Gasteiger partial charge is 0.303 e. The summed E-state index contributed by atoms with van der Waals surface area (Å²) < 4.78 is 27.9. The third kappa shape index (κ3) is 6.92. The number of benzene rings is 1. The summed E-state index contributed by atoms with van der Waals surface area (Å²) in [5.74, 6) is -0.278. The highest BCUT2D eigenvalue weighted by Gasteiger charge is 2.25. The first kappa shape index (κ1) is 20.6. The molecule has 1 aromatic rings. The minimum atomic E-state index is -3.46. The van der Waals surface area contributed by atoms with Gasteiger partial charge in [-0.15, -0.1) is 0 Å². The molecular weight excluding hydrogens is 350 g/mol. The number of sulfonamides is 1. The SMILES string of the molecule is Cc1ccc(S(=O)(=O)NC2CCCC(C/C=C/CCCC(=O)O)C2)cc1. The van der Waals surface area contributed by atoms with Crippen LogP contribution < -0.4 is 4.72 Å². The molecule has 1 saturated carbocycles. The molecule has 2 rings (SSSR count). The Morgan fingerprint density at radius 3 is 2.65 bits per heavy atom. The fraction of sp³-hybridized carbons (Fsp3) is 0.550. The van der Waals surface area contributed by atoms with Crippen LogP contribution in [0.1, 0.15) is 56.9 Å². The van der Waals surface area contributed by atoms with E-state index in [0.29, 0.717) is 17.2 Å². The van der Waals surface area contributed by atoms with Gasteiger partial charge in [0.2, 0.25) is 10.0 Å². The van der Waals surface area contributed by atoms with Crippen molar-refractivity contribution >= 4 is 16.0 Å². The van der Waals surface area contributed by atoms with Gasteiger partial charge in [-0.2, -0.15) is 0 Å². The fourth-order valence-electron chi connectivity index (χ4n) is 3.39. The second-order valence-corrected chi connectivity index (χ2v) is 8.87. The number of unbranched alkanes of at least 4 members (excludes halogenated alkanes) is 1. The highest BCUT2D eigenvalue weighted by molar-refractivity contribution is 7.89. The van der Waals surface area contributed by atoms with Crippen LogP contribution in [0.25, 0.3) is 0 Å². The molecule has 0 radical (unpaired) electrons. The molecule has 2 N–H and O–H groups in total. The molecule has 0 saturated heterocycles. The molecule has 0 aromatic heterocycles. The van der Waals surface area contributed by atoms with Gasteiger partial charge in [-0.3, -0.25) is 4.79 Å². The van der Waals surface area contributed by atoms with Gasteiger partial charge in [-0.1, -0.05) is 42.7 Å². The number of allylic oxidation sites excluding steroid dienone is 2. The zero-order valence-electron chi connectivity index (χ0n) is 15.4. The maximum atomic E-state index is 12.5. The molecule has 2 atom stereocenters. The first-order valence-electron chi connectivity index (χ1n) is 9.32. The highest BCUT2D eigenvalue weighted by atomic mass is 32.2. The van der Waals surface area contributed by atoms with Crippen molar-refractivity contribution in [3.05, 3.63) is 42.0 Å². The second kappa shape index (κ2) is 9.88. The summed E-state index contributed by atoms with van der Waals surface area (Å²) in [7, 11) is -3.46. The molecule has 1 fully saturated rings. The number of rotatable bonds is 9. The summed E-state index contributed by atoms with van der Waals surface area (Å²) in [4.78, 5) is 10.8. The van der Waals surface area contributed by atoms with Crippen molar-refractivity contribution in [2.45, 2.75) is 69.2 Å². The lowest BCUT2D eigenvalue weighted by Crippen LogP contribution is -2.38. The van der Waals surface area contributed by atoms with E-state index in [4.69, 9.17) is 5.11 Å².